The van der Waals surface area contributed by atoms with E-state index in [9.17, 15) is 13.2 Å². The van der Waals surface area contributed by atoms with Crippen molar-refractivity contribution in [1.82, 2.24) is 9.21 Å². The van der Waals surface area contributed by atoms with Crippen LogP contribution in [-0.4, -0.2) is 55.8 Å². The number of halogens is 1. The van der Waals surface area contributed by atoms with E-state index in [0.717, 1.165) is 17.7 Å². The molecule has 1 aromatic carbocycles. The first-order valence-corrected chi connectivity index (χ1v) is 13.0. The summed E-state index contributed by atoms with van der Waals surface area (Å²) in [5.41, 5.74) is 1.96. The van der Waals surface area contributed by atoms with Gasteiger partial charge < -0.3 is 9.80 Å². The Morgan fingerprint density at radius 3 is 2.52 bits per heavy atom. The van der Waals surface area contributed by atoms with E-state index in [1.165, 1.54) is 21.7 Å². The van der Waals surface area contributed by atoms with Gasteiger partial charge in [0, 0.05) is 56.9 Å². The molecule has 1 unspecified atom stereocenters. The number of thiophene rings is 1. The molecule has 1 aromatic heterocycles. The van der Waals surface area contributed by atoms with Gasteiger partial charge in [-0.3, -0.25) is 4.79 Å². The van der Waals surface area contributed by atoms with Crippen LogP contribution in [-0.2, 0) is 21.4 Å². The van der Waals surface area contributed by atoms with Crippen molar-refractivity contribution in [3.63, 3.8) is 0 Å². The maximum Gasteiger partial charge on any atom is 0.221 e. The SMILES string of the molecule is CC(=O)N1CCN(c2ccc(CN3[C@@H](C)CCC(c4ccsc4)S3(=O)=O)c(F)c2)CC1. The van der Waals surface area contributed by atoms with Crippen LogP contribution in [0.1, 0.15) is 43.1 Å². The molecule has 0 N–H and O–H groups in total. The van der Waals surface area contributed by atoms with Gasteiger partial charge in [-0.05, 0) is 54.3 Å². The second-order valence-corrected chi connectivity index (χ2v) is 11.2. The summed E-state index contributed by atoms with van der Waals surface area (Å²) in [5, 5.41) is 3.22. The molecule has 2 atom stereocenters. The normalized spacial score (nSPS) is 24.4. The van der Waals surface area contributed by atoms with Crippen molar-refractivity contribution in [2.75, 3.05) is 31.1 Å². The molecule has 2 aliphatic rings. The predicted octanol–water partition coefficient (Wildman–Crippen LogP) is 3.61. The lowest BCUT2D eigenvalue weighted by Crippen LogP contribution is -2.48. The smallest absolute Gasteiger partial charge is 0.221 e. The van der Waals surface area contributed by atoms with Crippen molar-refractivity contribution in [3.8, 4) is 0 Å². The van der Waals surface area contributed by atoms with Crippen LogP contribution in [0.3, 0.4) is 0 Å². The highest BCUT2D eigenvalue weighted by atomic mass is 32.2. The summed E-state index contributed by atoms with van der Waals surface area (Å²) in [5.74, 6) is -0.342. The third kappa shape index (κ3) is 4.49. The van der Waals surface area contributed by atoms with Crippen molar-refractivity contribution in [2.24, 2.45) is 0 Å². The Morgan fingerprint density at radius 2 is 1.90 bits per heavy atom. The van der Waals surface area contributed by atoms with Gasteiger partial charge >= 0.3 is 0 Å². The lowest BCUT2D eigenvalue weighted by molar-refractivity contribution is -0.129. The Kier molecular flexibility index (Phi) is 6.37. The summed E-state index contributed by atoms with van der Waals surface area (Å²) >= 11 is 1.49. The zero-order valence-electron chi connectivity index (χ0n) is 17.8. The van der Waals surface area contributed by atoms with E-state index in [2.05, 4.69) is 4.90 Å². The second kappa shape index (κ2) is 8.88. The molecular weight excluding hydrogens is 437 g/mol. The van der Waals surface area contributed by atoms with Gasteiger partial charge in [0.1, 0.15) is 11.1 Å². The fourth-order valence-corrected chi connectivity index (χ4v) is 7.43. The summed E-state index contributed by atoms with van der Waals surface area (Å²) in [7, 11) is -3.57. The third-order valence-electron chi connectivity index (χ3n) is 6.39. The van der Waals surface area contributed by atoms with E-state index < -0.39 is 21.1 Å². The minimum absolute atomic E-state index is 0.0361. The average Bonchev–Trinajstić information content (AvgIpc) is 3.26. The molecule has 2 saturated heterocycles. The largest absolute Gasteiger partial charge is 0.368 e. The maximum absolute atomic E-state index is 15.0. The Hall–Kier alpha value is -1.97. The van der Waals surface area contributed by atoms with Crippen LogP contribution in [0.15, 0.2) is 35.0 Å². The Morgan fingerprint density at radius 1 is 1.16 bits per heavy atom. The molecule has 0 saturated carbocycles. The van der Waals surface area contributed by atoms with Crippen LogP contribution in [0.25, 0.3) is 0 Å². The molecule has 31 heavy (non-hydrogen) atoms. The first-order valence-electron chi connectivity index (χ1n) is 10.6. The van der Waals surface area contributed by atoms with Gasteiger partial charge in [-0.25, -0.2) is 12.8 Å². The Bertz CT molecular complexity index is 1030. The third-order valence-corrected chi connectivity index (χ3v) is 9.46. The minimum Gasteiger partial charge on any atom is -0.368 e. The van der Waals surface area contributed by atoms with Gasteiger partial charge in [0.05, 0.1) is 0 Å². The van der Waals surface area contributed by atoms with Crippen molar-refractivity contribution < 1.29 is 17.6 Å². The van der Waals surface area contributed by atoms with Crippen LogP contribution in [0, 0.1) is 5.82 Å². The Labute approximate surface area is 187 Å². The average molecular weight is 466 g/mol. The number of benzene rings is 1. The van der Waals surface area contributed by atoms with E-state index in [0.29, 0.717) is 38.2 Å². The highest BCUT2D eigenvalue weighted by molar-refractivity contribution is 7.89. The molecule has 9 heteroatoms. The maximum atomic E-state index is 15.0. The molecule has 168 valence electrons. The molecule has 4 rings (SSSR count). The van der Waals surface area contributed by atoms with Gasteiger partial charge in [0.2, 0.25) is 15.9 Å². The highest BCUT2D eigenvalue weighted by Gasteiger charge is 2.40. The number of hydrogen-bond donors (Lipinski definition) is 0. The summed E-state index contributed by atoms with van der Waals surface area (Å²) in [4.78, 5) is 15.3. The number of carbonyl (C=O) groups excluding carboxylic acids is 1. The standard InChI is InChI=1S/C22H28FN3O3S2/c1-16-3-6-22(19-7-12-30-15-19)31(28,29)26(16)14-18-4-5-20(13-21(18)23)25-10-8-24(9-11-25)17(2)27/h4-5,7,12-13,15-16,22H,3,6,8-11,14H2,1-2H3/t16-,22?/m0/s1. The summed E-state index contributed by atoms with van der Waals surface area (Å²) < 4.78 is 43.1. The predicted molar refractivity (Wildman–Crippen MR) is 121 cm³/mol. The first kappa shape index (κ1) is 22.2. The monoisotopic (exact) mass is 465 g/mol. The van der Waals surface area contributed by atoms with Gasteiger partial charge in [0.25, 0.3) is 0 Å². The molecule has 0 bridgehead atoms. The van der Waals surface area contributed by atoms with E-state index in [1.54, 1.807) is 17.9 Å². The van der Waals surface area contributed by atoms with Crippen LogP contribution in [0.5, 0.6) is 0 Å². The number of anilines is 1. The van der Waals surface area contributed by atoms with E-state index in [1.807, 2.05) is 29.8 Å². The number of sulfonamides is 1. The number of rotatable bonds is 4. The lowest BCUT2D eigenvalue weighted by atomic mass is 10.1. The van der Waals surface area contributed by atoms with Crippen molar-refractivity contribution >= 4 is 33.0 Å². The fourth-order valence-electron chi connectivity index (χ4n) is 4.45. The Balaban J connectivity index is 1.50. The molecule has 6 nitrogen and oxygen atoms in total. The topological polar surface area (TPSA) is 60.9 Å². The second-order valence-electron chi connectivity index (χ2n) is 8.33. The van der Waals surface area contributed by atoms with Crippen LogP contribution in [0.4, 0.5) is 10.1 Å². The van der Waals surface area contributed by atoms with Gasteiger partial charge in [-0.1, -0.05) is 6.07 Å². The van der Waals surface area contributed by atoms with Crippen LogP contribution < -0.4 is 4.90 Å². The number of piperazine rings is 1. The quantitative estimate of drug-likeness (QED) is 0.692. The number of hydrogen-bond acceptors (Lipinski definition) is 5. The number of nitrogens with zero attached hydrogens (tertiary/aromatic N) is 3. The summed E-state index contributed by atoms with van der Waals surface area (Å²) in [6, 6.07) is 6.72. The molecule has 2 aromatic rings. The molecule has 1 amide bonds. The number of amides is 1. The van der Waals surface area contributed by atoms with Gasteiger partial charge in [-0.15, -0.1) is 0 Å². The highest BCUT2D eigenvalue weighted by Crippen LogP contribution is 2.39. The molecule has 0 aliphatic carbocycles. The van der Waals surface area contributed by atoms with Crippen molar-refractivity contribution in [3.05, 3.63) is 52.0 Å². The summed E-state index contributed by atoms with van der Waals surface area (Å²) in [6.07, 6.45) is 1.34. The van der Waals surface area contributed by atoms with Crippen LogP contribution in [0.2, 0.25) is 0 Å². The van der Waals surface area contributed by atoms with E-state index in [-0.39, 0.29) is 18.5 Å². The molecule has 2 fully saturated rings. The zero-order valence-corrected chi connectivity index (χ0v) is 19.5. The van der Waals surface area contributed by atoms with Crippen molar-refractivity contribution in [2.45, 2.75) is 44.5 Å². The molecule has 2 aliphatic heterocycles. The van der Waals surface area contributed by atoms with Crippen molar-refractivity contribution in [1.29, 1.82) is 0 Å². The van der Waals surface area contributed by atoms with E-state index in [4.69, 9.17) is 0 Å². The van der Waals surface area contributed by atoms with Gasteiger partial charge in [0.15, 0.2) is 0 Å². The molecule has 3 heterocycles. The zero-order chi connectivity index (χ0) is 22.2. The summed E-state index contributed by atoms with van der Waals surface area (Å²) in [6.45, 7) is 6.02. The number of carbonyl (C=O) groups is 1. The molecular formula is C22H28FN3O3S2. The molecule has 0 spiro atoms. The molecule has 0 radical (unpaired) electrons. The first-order chi connectivity index (χ1) is 14.8. The fraction of sp³-hybridized carbons (Fsp3) is 0.500. The van der Waals surface area contributed by atoms with Crippen LogP contribution >= 0.6 is 11.3 Å². The minimum atomic E-state index is -3.57. The van der Waals surface area contributed by atoms with Gasteiger partial charge in [-0.2, -0.15) is 15.6 Å². The van der Waals surface area contributed by atoms with E-state index >= 15 is 4.39 Å². The lowest BCUT2D eigenvalue weighted by Gasteiger charge is -2.37.